The lowest BCUT2D eigenvalue weighted by Gasteiger charge is -2.23. The summed E-state index contributed by atoms with van der Waals surface area (Å²) < 4.78 is 0. The quantitative estimate of drug-likeness (QED) is 0.728. The number of nitrogens with zero attached hydrogens (tertiary/aromatic N) is 2. The van der Waals surface area contributed by atoms with Crippen LogP contribution in [-0.2, 0) is 12.8 Å². The number of aryl methyl sites for hydroxylation is 1. The zero-order valence-corrected chi connectivity index (χ0v) is 16.6. The summed E-state index contributed by atoms with van der Waals surface area (Å²) >= 11 is 1.86. The van der Waals surface area contributed by atoms with E-state index in [-0.39, 0.29) is 0 Å². The number of likely N-dealkylation sites (N-methyl/N-ethyl adjacent to an activating group) is 1. The van der Waals surface area contributed by atoms with Crippen molar-refractivity contribution in [3.63, 3.8) is 0 Å². The van der Waals surface area contributed by atoms with Gasteiger partial charge in [0, 0.05) is 10.4 Å². The van der Waals surface area contributed by atoms with Gasteiger partial charge in [-0.1, -0.05) is 37.3 Å². The van der Waals surface area contributed by atoms with Crippen LogP contribution in [0.2, 0.25) is 0 Å². The summed E-state index contributed by atoms with van der Waals surface area (Å²) in [6.07, 6.45) is 5.31. The van der Waals surface area contributed by atoms with Crippen molar-refractivity contribution in [1.82, 2.24) is 9.97 Å². The van der Waals surface area contributed by atoms with Crippen molar-refractivity contribution in [2.45, 2.75) is 32.2 Å². The highest BCUT2D eigenvalue weighted by molar-refractivity contribution is 7.19. The third kappa shape index (κ3) is 3.33. The SMILES string of the molecule is C[C@@H]1CCc2c(sc3ncnc(NC[C@H](c4ccccc4)[NH+](C)C)c23)C1. The molecule has 0 spiro atoms. The number of aromatic nitrogens is 2. The summed E-state index contributed by atoms with van der Waals surface area (Å²) in [5.74, 6) is 1.78. The molecule has 0 bridgehead atoms. The topological polar surface area (TPSA) is 42.2 Å². The maximum atomic E-state index is 4.61. The van der Waals surface area contributed by atoms with Gasteiger partial charge < -0.3 is 10.2 Å². The van der Waals surface area contributed by atoms with Crippen LogP contribution in [0, 0.1) is 5.92 Å². The molecule has 2 aromatic heterocycles. The first-order valence-electron chi connectivity index (χ1n) is 9.47. The smallest absolute Gasteiger partial charge is 0.138 e. The van der Waals surface area contributed by atoms with Crippen molar-refractivity contribution in [2.24, 2.45) is 5.92 Å². The van der Waals surface area contributed by atoms with E-state index < -0.39 is 0 Å². The van der Waals surface area contributed by atoms with E-state index in [9.17, 15) is 0 Å². The van der Waals surface area contributed by atoms with Crippen molar-refractivity contribution in [1.29, 1.82) is 0 Å². The number of nitrogens with one attached hydrogen (secondary N) is 2. The molecule has 0 unspecified atom stereocenters. The monoisotopic (exact) mass is 367 g/mol. The lowest BCUT2D eigenvalue weighted by atomic mass is 9.89. The minimum atomic E-state index is 0.385. The maximum absolute atomic E-state index is 4.61. The third-order valence-corrected chi connectivity index (χ3v) is 6.63. The number of hydrogen-bond acceptors (Lipinski definition) is 4. The molecule has 1 aliphatic carbocycles. The fourth-order valence-corrected chi connectivity index (χ4v) is 5.30. The van der Waals surface area contributed by atoms with Crippen LogP contribution in [0.5, 0.6) is 0 Å². The highest BCUT2D eigenvalue weighted by Crippen LogP contribution is 2.39. The lowest BCUT2D eigenvalue weighted by Crippen LogP contribution is -3.06. The second-order valence-electron chi connectivity index (χ2n) is 7.68. The van der Waals surface area contributed by atoms with Crippen LogP contribution in [0.3, 0.4) is 0 Å². The average molecular weight is 368 g/mol. The van der Waals surface area contributed by atoms with Crippen LogP contribution < -0.4 is 10.2 Å². The Bertz CT molecular complexity index is 888. The number of anilines is 1. The van der Waals surface area contributed by atoms with E-state index in [1.165, 1.54) is 39.1 Å². The minimum absolute atomic E-state index is 0.385. The molecule has 0 radical (unpaired) electrons. The molecule has 0 fully saturated rings. The predicted molar refractivity (Wildman–Crippen MR) is 109 cm³/mol. The van der Waals surface area contributed by atoms with Crippen molar-refractivity contribution >= 4 is 27.4 Å². The number of quaternary nitrogens is 1. The molecule has 0 amide bonds. The molecule has 136 valence electrons. The van der Waals surface area contributed by atoms with E-state index in [4.69, 9.17) is 0 Å². The molecule has 1 aromatic carbocycles. The molecule has 2 heterocycles. The van der Waals surface area contributed by atoms with E-state index >= 15 is 0 Å². The average Bonchev–Trinajstić information content (AvgIpc) is 3.00. The van der Waals surface area contributed by atoms with Gasteiger partial charge in [-0.25, -0.2) is 9.97 Å². The fraction of sp³-hybridized carbons (Fsp3) is 0.429. The summed E-state index contributed by atoms with van der Waals surface area (Å²) in [7, 11) is 4.42. The molecule has 0 saturated heterocycles. The molecule has 4 rings (SSSR count). The molecular formula is C21H27N4S+. The van der Waals surface area contributed by atoms with Crippen molar-refractivity contribution in [3.05, 3.63) is 52.7 Å². The molecule has 0 saturated carbocycles. The Hall–Kier alpha value is -1.98. The van der Waals surface area contributed by atoms with Crippen molar-refractivity contribution < 1.29 is 4.90 Å². The van der Waals surface area contributed by atoms with Gasteiger partial charge in [-0.05, 0) is 30.7 Å². The Kier molecular flexibility index (Phi) is 4.92. The van der Waals surface area contributed by atoms with Gasteiger partial charge in [0.1, 0.15) is 23.0 Å². The molecular weight excluding hydrogens is 340 g/mol. The van der Waals surface area contributed by atoms with Gasteiger partial charge >= 0.3 is 0 Å². The van der Waals surface area contributed by atoms with Crippen LogP contribution in [-0.4, -0.2) is 30.6 Å². The van der Waals surface area contributed by atoms with E-state index in [0.29, 0.717) is 6.04 Å². The van der Waals surface area contributed by atoms with E-state index in [1.54, 1.807) is 6.33 Å². The van der Waals surface area contributed by atoms with Gasteiger partial charge in [0.05, 0.1) is 26.0 Å². The summed E-state index contributed by atoms with van der Waals surface area (Å²) in [6.45, 7) is 3.21. The molecule has 4 nitrogen and oxygen atoms in total. The standard InChI is InChI=1S/C21H26N4S/c1-14-9-10-16-18(11-14)26-21-19(16)20(23-13-24-21)22-12-17(25(2)3)15-7-5-4-6-8-15/h4-8,13-14,17H,9-12H2,1-3H3,(H,22,23,24)/p+1/t14-,17-/m1/s1. The Morgan fingerprint density at radius 2 is 2.04 bits per heavy atom. The zero-order chi connectivity index (χ0) is 18.1. The van der Waals surface area contributed by atoms with E-state index in [1.807, 2.05) is 11.3 Å². The fourth-order valence-electron chi connectivity index (χ4n) is 3.95. The highest BCUT2D eigenvalue weighted by atomic mass is 32.1. The second kappa shape index (κ2) is 7.33. The lowest BCUT2D eigenvalue weighted by molar-refractivity contribution is -0.890. The summed E-state index contributed by atoms with van der Waals surface area (Å²) in [5, 5.41) is 4.91. The Labute approximate surface area is 159 Å². The number of fused-ring (bicyclic) bond motifs is 3. The van der Waals surface area contributed by atoms with Crippen molar-refractivity contribution in [2.75, 3.05) is 26.0 Å². The molecule has 2 atom stereocenters. The zero-order valence-electron chi connectivity index (χ0n) is 15.7. The first kappa shape index (κ1) is 17.4. The third-order valence-electron chi connectivity index (χ3n) is 5.46. The van der Waals surface area contributed by atoms with Crippen LogP contribution in [0.15, 0.2) is 36.7 Å². The van der Waals surface area contributed by atoms with Crippen LogP contribution in [0.25, 0.3) is 10.2 Å². The van der Waals surface area contributed by atoms with Gasteiger partial charge in [-0.15, -0.1) is 11.3 Å². The molecule has 3 aromatic rings. The normalized spacial score (nSPS) is 18.1. The van der Waals surface area contributed by atoms with Gasteiger partial charge in [0.15, 0.2) is 0 Å². The van der Waals surface area contributed by atoms with Crippen LogP contribution >= 0.6 is 11.3 Å². The molecule has 2 N–H and O–H groups in total. The van der Waals surface area contributed by atoms with Crippen LogP contribution in [0.1, 0.15) is 35.4 Å². The largest absolute Gasteiger partial charge is 0.363 e. The van der Waals surface area contributed by atoms with Gasteiger partial charge in [0.25, 0.3) is 0 Å². The van der Waals surface area contributed by atoms with Gasteiger partial charge in [-0.3, -0.25) is 0 Å². The van der Waals surface area contributed by atoms with Crippen molar-refractivity contribution in [3.8, 4) is 0 Å². The Morgan fingerprint density at radius 3 is 2.81 bits per heavy atom. The summed E-state index contributed by atoms with van der Waals surface area (Å²) in [6, 6.07) is 11.1. The van der Waals surface area contributed by atoms with Gasteiger partial charge in [0.2, 0.25) is 0 Å². The highest BCUT2D eigenvalue weighted by Gasteiger charge is 2.24. The first-order chi connectivity index (χ1) is 12.6. The first-order valence-corrected chi connectivity index (χ1v) is 10.3. The molecule has 5 heteroatoms. The van der Waals surface area contributed by atoms with E-state index in [2.05, 4.69) is 66.6 Å². The second-order valence-corrected chi connectivity index (χ2v) is 8.76. The Balaban J connectivity index is 1.63. The minimum Gasteiger partial charge on any atom is -0.363 e. The number of hydrogen-bond donors (Lipinski definition) is 2. The number of rotatable bonds is 5. The summed E-state index contributed by atoms with van der Waals surface area (Å²) in [4.78, 5) is 13.2. The predicted octanol–water partition coefficient (Wildman–Crippen LogP) is 3.11. The van der Waals surface area contributed by atoms with Crippen LogP contribution in [0.4, 0.5) is 5.82 Å². The molecule has 1 aliphatic rings. The Morgan fingerprint density at radius 1 is 1.23 bits per heavy atom. The number of thiophene rings is 1. The van der Waals surface area contributed by atoms with E-state index in [0.717, 1.165) is 29.5 Å². The molecule has 0 aliphatic heterocycles. The number of benzene rings is 1. The maximum Gasteiger partial charge on any atom is 0.138 e. The summed E-state index contributed by atoms with van der Waals surface area (Å²) in [5.41, 5.74) is 2.84. The molecule has 26 heavy (non-hydrogen) atoms. The van der Waals surface area contributed by atoms with Gasteiger partial charge in [-0.2, -0.15) is 0 Å².